The summed E-state index contributed by atoms with van der Waals surface area (Å²) in [5, 5.41) is 0.943. The molecule has 18 heavy (non-hydrogen) atoms. The van der Waals surface area contributed by atoms with E-state index in [1.165, 1.54) is 11.3 Å². The Hall–Kier alpha value is -1.07. The van der Waals surface area contributed by atoms with Crippen molar-refractivity contribution in [1.82, 2.24) is 4.90 Å². The summed E-state index contributed by atoms with van der Waals surface area (Å²) in [6.07, 6.45) is 0. The van der Waals surface area contributed by atoms with Gasteiger partial charge in [-0.1, -0.05) is 22.0 Å². The van der Waals surface area contributed by atoms with Crippen LogP contribution in [0.15, 0.2) is 22.7 Å². The van der Waals surface area contributed by atoms with Gasteiger partial charge in [0, 0.05) is 27.6 Å². The monoisotopic (exact) mass is 326 g/mol. The van der Waals surface area contributed by atoms with Crippen LogP contribution >= 0.6 is 27.3 Å². The van der Waals surface area contributed by atoms with Gasteiger partial charge in [-0.05, 0) is 26.0 Å². The third kappa shape index (κ3) is 2.12. The Bertz CT molecular complexity index is 590. The molecular formula is C13H15BrN2OS. The van der Waals surface area contributed by atoms with Gasteiger partial charge in [0.15, 0.2) is 0 Å². The van der Waals surface area contributed by atoms with Gasteiger partial charge in [-0.15, -0.1) is 11.3 Å². The first-order valence-electron chi connectivity index (χ1n) is 5.85. The minimum absolute atomic E-state index is 0.0191. The van der Waals surface area contributed by atoms with Crippen LogP contribution in [0, 0.1) is 0 Å². The second kappa shape index (κ2) is 5.28. The van der Waals surface area contributed by atoms with Crippen LogP contribution in [0.5, 0.6) is 0 Å². The van der Waals surface area contributed by atoms with E-state index in [0.29, 0.717) is 23.7 Å². The van der Waals surface area contributed by atoms with Crippen LogP contribution in [0.2, 0.25) is 0 Å². The molecule has 0 spiro atoms. The van der Waals surface area contributed by atoms with E-state index in [1.807, 2.05) is 32.0 Å². The second-order valence-corrected chi connectivity index (χ2v) is 5.84. The predicted octanol–water partition coefficient (Wildman–Crippen LogP) is 3.73. The average Bonchev–Trinajstić information content (AvgIpc) is 2.69. The standard InChI is InChI=1S/C13H15BrN2OS/c1-3-16(4-2)13(17)12-11(15)10-8(14)6-5-7-9(10)18-12/h5-7H,3-4,15H2,1-2H3. The van der Waals surface area contributed by atoms with Gasteiger partial charge in [0.25, 0.3) is 5.91 Å². The van der Waals surface area contributed by atoms with Crippen molar-refractivity contribution >= 4 is 48.9 Å². The third-order valence-electron chi connectivity index (χ3n) is 2.95. The maximum atomic E-state index is 12.3. The van der Waals surface area contributed by atoms with E-state index in [9.17, 15) is 4.79 Å². The molecule has 1 aromatic carbocycles. The second-order valence-electron chi connectivity index (χ2n) is 3.94. The van der Waals surface area contributed by atoms with E-state index >= 15 is 0 Å². The molecule has 0 saturated heterocycles. The average molecular weight is 327 g/mol. The molecule has 0 radical (unpaired) electrons. The van der Waals surface area contributed by atoms with Gasteiger partial charge in [0.1, 0.15) is 4.88 Å². The van der Waals surface area contributed by atoms with Crippen LogP contribution in [0.1, 0.15) is 23.5 Å². The topological polar surface area (TPSA) is 46.3 Å². The van der Waals surface area contributed by atoms with Crippen LogP contribution in [0.25, 0.3) is 10.1 Å². The summed E-state index contributed by atoms with van der Waals surface area (Å²) < 4.78 is 1.98. The lowest BCUT2D eigenvalue weighted by molar-refractivity contribution is 0.0779. The number of halogens is 1. The van der Waals surface area contributed by atoms with Crippen molar-refractivity contribution in [2.45, 2.75) is 13.8 Å². The summed E-state index contributed by atoms with van der Waals surface area (Å²) in [7, 11) is 0. The van der Waals surface area contributed by atoms with E-state index in [2.05, 4.69) is 15.9 Å². The molecule has 2 N–H and O–H groups in total. The van der Waals surface area contributed by atoms with Gasteiger partial charge in [-0.2, -0.15) is 0 Å². The maximum absolute atomic E-state index is 12.3. The number of hydrogen-bond donors (Lipinski definition) is 1. The van der Waals surface area contributed by atoms with Crippen molar-refractivity contribution in [2.75, 3.05) is 18.8 Å². The first-order valence-corrected chi connectivity index (χ1v) is 7.46. The Kier molecular flexibility index (Phi) is 3.92. The van der Waals surface area contributed by atoms with E-state index in [1.54, 1.807) is 4.90 Å². The molecule has 1 heterocycles. The SMILES string of the molecule is CCN(CC)C(=O)c1sc2cccc(Br)c2c1N. The number of anilines is 1. The zero-order chi connectivity index (χ0) is 13.3. The highest BCUT2D eigenvalue weighted by Gasteiger charge is 2.21. The number of benzene rings is 1. The number of carbonyl (C=O) groups excluding carboxylic acids is 1. The summed E-state index contributed by atoms with van der Waals surface area (Å²) in [5.41, 5.74) is 6.70. The van der Waals surface area contributed by atoms with E-state index in [-0.39, 0.29) is 5.91 Å². The number of fused-ring (bicyclic) bond motifs is 1. The smallest absolute Gasteiger partial charge is 0.266 e. The summed E-state index contributed by atoms with van der Waals surface area (Å²) >= 11 is 4.94. The number of carbonyl (C=O) groups is 1. The van der Waals surface area contributed by atoms with Crippen LogP contribution in [-0.2, 0) is 0 Å². The van der Waals surface area contributed by atoms with Crippen LogP contribution in [-0.4, -0.2) is 23.9 Å². The molecule has 3 nitrogen and oxygen atoms in total. The number of nitrogens with two attached hydrogens (primary N) is 1. The summed E-state index contributed by atoms with van der Waals surface area (Å²) in [5.74, 6) is 0.0191. The quantitative estimate of drug-likeness (QED) is 0.934. The van der Waals surface area contributed by atoms with Gasteiger partial charge < -0.3 is 10.6 Å². The molecule has 0 atom stereocenters. The highest BCUT2D eigenvalue weighted by Crippen LogP contribution is 2.38. The molecule has 0 fully saturated rings. The van der Waals surface area contributed by atoms with Crippen molar-refractivity contribution in [3.63, 3.8) is 0 Å². The fourth-order valence-electron chi connectivity index (χ4n) is 1.94. The molecule has 1 amide bonds. The van der Waals surface area contributed by atoms with Gasteiger partial charge in [0.2, 0.25) is 0 Å². The molecular weight excluding hydrogens is 312 g/mol. The highest BCUT2D eigenvalue weighted by atomic mass is 79.9. The highest BCUT2D eigenvalue weighted by molar-refractivity contribution is 9.10. The molecule has 0 aliphatic rings. The number of hydrogen-bond acceptors (Lipinski definition) is 3. The van der Waals surface area contributed by atoms with Gasteiger partial charge >= 0.3 is 0 Å². The summed E-state index contributed by atoms with van der Waals surface area (Å²) in [6, 6.07) is 5.88. The first kappa shape index (κ1) is 13.4. The number of thiophene rings is 1. The van der Waals surface area contributed by atoms with E-state index in [0.717, 1.165) is 14.6 Å². The molecule has 2 aromatic rings. The Morgan fingerprint density at radius 2 is 2.06 bits per heavy atom. The van der Waals surface area contributed by atoms with Gasteiger partial charge in [-0.3, -0.25) is 4.79 Å². The van der Waals surface area contributed by atoms with Crippen molar-refractivity contribution in [3.05, 3.63) is 27.5 Å². The maximum Gasteiger partial charge on any atom is 0.266 e. The van der Waals surface area contributed by atoms with Gasteiger partial charge in [0.05, 0.1) is 5.69 Å². The van der Waals surface area contributed by atoms with E-state index in [4.69, 9.17) is 5.73 Å². The molecule has 1 aromatic heterocycles. The van der Waals surface area contributed by atoms with Crippen LogP contribution < -0.4 is 5.73 Å². The number of amides is 1. The molecule has 96 valence electrons. The van der Waals surface area contributed by atoms with Crippen molar-refractivity contribution in [2.24, 2.45) is 0 Å². The molecule has 0 saturated carbocycles. The lowest BCUT2D eigenvalue weighted by atomic mass is 10.2. The lowest BCUT2D eigenvalue weighted by Gasteiger charge is -2.17. The molecule has 0 bridgehead atoms. The van der Waals surface area contributed by atoms with Crippen molar-refractivity contribution < 1.29 is 4.79 Å². The Labute approximate surface area is 119 Å². The summed E-state index contributed by atoms with van der Waals surface area (Å²) in [4.78, 5) is 14.8. The van der Waals surface area contributed by atoms with Crippen LogP contribution in [0.3, 0.4) is 0 Å². The van der Waals surface area contributed by atoms with Crippen molar-refractivity contribution in [3.8, 4) is 0 Å². The Balaban J connectivity index is 2.56. The van der Waals surface area contributed by atoms with Crippen molar-refractivity contribution in [1.29, 1.82) is 0 Å². The molecule has 0 aliphatic carbocycles. The largest absolute Gasteiger partial charge is 0.397 e. The number of rotatable bonds is 3. The van der Waals surface area contributed by atoms with E-state index < -0.39 is 0 Å². The molecule has 0 aliphatic heterocycles. The third-order valence-corrected chi connectivity index (χ3v) is 4.77. The number of nitrogens with zero attached hydrogens (tertiary/aromatic N) is 1. The first-order chi connectivity index (χ1) is 8.60. The Morgan fingerprint density at radius 1 is 1.39 bits per heavy atom. The molecule has 2 rings (SSSR count). The predicted molar refractivity (Wildman–Crippen MR) is 81.2 cm³/mol. The van der Waals surface area contributed by atoms with Crippen LogP contribution in [0.4, 0.5) is 5.69 Å². The zero-order valence-electron chi connectivity index (χ0n) is 10.4. The Morgan fingerprint density at radius 3 is 2.61 bits per heavy atom. The normalized spacial score (nSPS) is 10.8. The fraction of sp³-hybridized carbons (Fsp3) is 0.308. The zero-order valence-corrected chi connectivity index (χ0v) is 12.8. The number of nitrogen functional groups attached to an aromatic ring is 1. The molecule has 0 unspecified atom stereocenters. The minimum Gasteiger partial charge on any atom is -0.397 e. The minimum atomic E-state index is 0.0191. The molecule has 5 heteroatoms. The fourth-order valence-corrected chi connectivity index (χ4v) is 3.77. The summed E-state index contributed by atoms with van der Waals surface area (Å²) in [6.45, 7) is 5.34. The van der Waals surface area contributed by atoms with Gasteiger partial charge in [-0.25, -0.2) is 0 Å². The lowest BCUT2D eigenvalue weighted by Crippen LogP contribution is -2.30.